The van der Waals surface area contributed by atoms with Gasteiger partial charge in [0.05, 0.1) is 35.1 Å². The van der Waals surface area contributed by atoms with E-state index in [4.69, 9.17) is 4.74 Å². The third kappa shape index (κ3) is 2.47. The van der Waals surface area contributed by atoms with Crippen LogP contribution in [0.15, 0.2) is 48.5 Å². The summed E-state index contributed by atoms with van der Waals surface area (Å²) in [6.45, 7) is 2.32. The van der Waals surface area contributed by atoms with Gasteiger partial charge in [-0.05, 0) is 50.1 Å². The second-order valence-corrected chi connectivity index (χ2v) is 6.93. The number of methoxy groups -OCH3 is 1. The van der Waals surface area contributed by atoms with Gasteiger partial charge in [-0.25, -0.2) is 4.79 Å². The summed E-state index contributed by atoms with van der Waals surface area (Å²) in [4.78, 5) is 12.0. The Bertz CT molecular complexity index is 992. The number of anilines is 1. The lowest BCUT2D eigenvalue weighted by Gasteiger charge is -2.38. The number of aromatic nitrogens is 1. The number of hydrogen-bond acceptors (Lipinski definition) is 4. The first-order chi connectivity index (χ1) is 12.6. The molecular weight excluding hydrogens is 328 g/mol. The molecule has 0 saturated carbocycles. The molecule has 5 nitrogen and oxygen atoms in total. The highest BCUT2D eigenvalue weighted by molar-refractivity contribution is 5.93. The number of rotatable bonds is 4. The fourth-order valence-corrected chi connectivity index (χ4v) is 3.87. The Morgan fingerprint density at radius 2 is 2.04 bits per heavy atom. The van der Waals surface area contributed by atoms with Crippen LogP contribution in [0.25, 0.3) is 16.6 Å². The van der Waals surface area contributed by atoms with Crippen molar-refractivity contribution in [2.24, 2.45) is 0 Å². The number of hydrogen-bond donors (Lipinski definition) is 2. The summed E-state index contributed by atoms with van der Waals surface area (Å²) in [5, 5.41) is 14.1. The first-order valence-corrected chi connectivity index (χ1v) is 8.80. The smallest absolute Gasteiger partial charge is 0.337 e. The average Bonchev–Trinajstić information content (AvgIpc) is 3.07. The van der Waals surface area contributed by atoms with E-state index in [2.05, 4.69) is 35.0 Å². The van der Waals surface area contributed by atoms with Crippen molar-refractivity contribution in [1.82, 2.24) is 4.57 Å². The van der Waals surface area contributed by atoms with Gasteiger partial charge in [0, 0.05) is 17.7 Å². The second kappa shape index (κ2) is 6.18. The maximum atomic E-state index is 12.0. The summed E-state index contributed by atoms with van der Waals surface area (Å²) < 4.78 is 7.10. The summed E-state index contributed by atoms with van der Waals surface area (Å²) in [5.41, 5.74) is 4.35. The highest BCUT2D eigenvalue weighted by Gasteiger charge is 2.35. The molecule has 1 aliphatic heterocycles. The van der Waals surface area contributed by atoms with E-state index in [1.54, 1.807) is 6.07 Å². The van der Waals surface area contributed by atoms with Gasteiger partial charge < -0.3 is 19.7 Å². The molecule has 134 valence electrons. The quantitative estimate of drug-likeness (QED) is 0.702. The van der Waals surface area contributed by atoms with Crippen molar-refractivity contribution in [3.05, 3.63) is 59.8 Å². The third-order valence-electron chi connectivity index (χ3n) is 5.18. The van der Waals surface area contributed by atoms with Crippen LogP contribution in [-0.2, 0) is 10.3 Å². The zero-order valence-corrected chi connectivity index (χ0v) is 15.0. The number of aliphatic hydroxyl groups is 1. The van der Waals surface area contributed by atoms with Crippen LogP contribution in [0.2, 0.25) is 0 Å². The number of benzene rings is 2. The van der Waals surface area contributed by atoms with Gasteiger partial charge in [-0.2, -0.15) is 0 Å². The number of aliphatic hydroxyl groups excluding tert-OH is 1. The van der Waals surface area contributed by atoms with Crippen molar-refractivity contribution in [3.8, 4) is 5.69 Å². The first kappa shape index (κ1) is 16.7. The van der Waals surface area contributed by atoms with E-state index >= 15 is 0 Å². The topological polar surface area (TPSA) is 63.5 Å². The maximum absolute atomic E-state index is 12.0. The van der Waals surface area contributed by atoms with Crippen molar-refractivity contribution in [1.29, 1.82) is 0 Å². The van der Waals surface area contributed by atoms with Crippen LogP contribution in [0.5, 0.6) is 0 Å². The number of nitrogens with zero attached hydrogens (tertiary/aromatic N) is 1. The van der Waals surface area contributed by atoms with Crippen molar-refractivity contribution in [3.63, 3.8) is 0 Å². The molecule has 26 heavy (non-hydrogen) atoms. The lowest BCUT2D eigenvalue weighted by Crippen LogP contribution is -2.38. The molecule has 1 atom stereocenters. The van der Waals surface area contributed by atoms with Crippen LogP contribution in [-0.4, -0.2) is 29.4 Å². The molecular formula is C21H22N2O3. The Kier molecular flexibility index (Phi) is 3.96. The van der Waals surface area contributed by atoms with Crippen molar-refractivity contribution in [2.45, 2.75) is 25.3 Å². The Hall–Kier alpha value is -2.79. The first-order valence-electron chi connectivity index (χ1n) is 8.80. The van der Waals surface area contributed by atoms with Gasteiger partial charge in [-0.3, -0.25) is 0 Å². The van der Waals surface area contributed by atoms with Gasteiger partial charge in [0.2, 0.25) is 0 Å². The Morgan fingerprint density at radius 3 is 2.81 bits per heavy atom. The van der Waals surface area contributed by atoms with Crippen LogP contribution < -0.4 is 5.32 Å². The van der Waals surface area contributed by atoms with Gasteiger partial charge in [0.15, 0.2) is 0 Å². The summed E-state index contributed by atoms with van der Waals surface area (Å²) in [7, 11) is 1.39. The summed E-state index contributed by atoms with van der Waals surface area (Å²) >= 11 is 0. The summed E-state index contributed by atoms with van der Waals surface area (Å²) in [6.07, 6.45) is 1.51. The van der Waals surface area contributed by atoms with Crippen LogP contribution >= 0.6 is 0 Å². The number of nitrogens with one attached hydrogen (secondary N) is 1. The molecule has 0 fully saturated rings. The number of para-hydroxylation sites is 1. The fourth-order valence-electron chi connectivity index (χ4n) is 3.87. The number of fused-ring (bicyclic) bond motifs is 5. The average molecular weight is 350 g/mol. The van der Waals surface area contributed by atoms with Crippen LogP contribution in [0.3, 0.4) is 0 Å². The van der Waals surface area contributed by atoms with E-state index in [1.165, 1.54) is 7.11 Å². The van der Waals surface area contributed by atoms with Crippen LogP contribution in [0.1, 0.15) is 35.8 Å². The Balaban J connectivity index is 1.97. The minimum absolute atomic E-state index is 0.158. The largest absolute Gasteiger partial charge is 0.465 e. The zero-order chi connectivity index (χ0) is 18.3. The molecule has 1 aromatic heterocycles. The predicted molar refractivity (Wildman–Crippen MR) is 102 cm³/mol. The van der Waals surface area contributed by atoms with Crippen molar-refractivity contribution >= 4 is 22.6 Å². The standard InChI is InChI=1S/C21H22N2O3/c1-21(10-5-11-24)19-13-14-6-3-4-7-17(14)23(19)18-12-15(20(25)26-2)8-9-16(18)22-21/h3-4,6-9,12-13,22,24H,5,10-11H2,1-2H3. The van der Waals surface area contributed by atoms with E-state index in [-0.39, 0.29) is 18.1 Å². The maximum Gasteiger partial charge on any atom is 0.337 e. The minimum atomic E-state index is -0.348. The highest BCUT2D eigenvalue weighted by atomic mass is 16.5. The fraction of sp³-hybridized carbons (Fsp3) is 0.286. The van der Waals surface area contributed by atoms with E-state index in [0.29, 0.717) is 12.0 Å². The molecule has 0 aliphatic carbocycles. The molecule has 2 heterocycles. The van der Waals surface area contributed by atoms with Crippen molar-refractivity contribution in [2.75, 3.05) is 19.0 Å². The van der Waals surface area contributed by atoms with Gasteiger partial charge in [-0.1, -0.05) is 18.2 Å². The second-order valence-electron chi connectivity index (χ2n) is 6.93. The molecule has 0 saturated heterocycles. The molecule has 0 bridgehead atoms. The van der Waals surface area contributed by atoms with Gasteiger partial charge >= 0.3 is 5.97 Å². The molecule has 5 heteroatoms. The number of ether oxygens (including phenoxy) is 1. The molecule has 2 aromatic carbocycles. The molecule has 0 radical (unpaired) electrons. The lowest BCUT2D eigenvalue weighted by molar-refractivity contribution is 0.0600. The van der Waals surface area contributed by atoms with Gasteiger partial charge in [0.25, 0.3) is 0 Å². The van der Waals surface area contributed by atoms with Crippen LogP contribution in [0.4, 0.5) is 5.69 Å². The highest BCUT2D eigenvalue weighted by Crippen LogP contribution is 2.43. The van der Waals surface area contributed by atoms with Gasteiger partial charge in [0.1, 0.15) is 0 Å². The summed E-state index contributed by atoms with van der Waals surface area (Å²) in [6, 6.07) is 16.0. The molecule has 2 N–H and O–H groups in total. The number of carbonyl (C=O) groups is 1. The summed E-state index contributed by atoms with van der Waals surface area (Å²) in [5.74, 6) is -0.348. The molecule has 1 unspecified atom stereocenters. The molecule has 3 aromatic rings. The molecule has 4 rings (SSSR count). The molecule has 1 aliphatic rings. The lowest BCUT2D eigenvalue weighted by atomic mass is 9.89. The van der Waals surface area contributed by atoms with Crippen LogP contribution in [0, 0.1) is 0 Å². The molecule has 0 spiro atoms. The van der Waals surface area contributed by atoms with Crippen molar-refractivity contribution < 1.29 is 14.6 Å². The number of carbonyl (C=O) groups excluding carboxylic acids is 1. The van der Waals surface area contributed by atoms with E-state index in [1.807, 2.05) is 24.3 Å². The minimum Gasteiger partial charge on any atom is -0.465 e. The van der Waals surface area contributed by atoms with E-state index in [0.717, 1.165) is 34.4 Å². The number of esters is 1. The van der Waals surface area contributed by atoms with E-state index in [9.17, 15) is 9.90 Å². The van der Waals surface area contributed by atoms with E-state index < -0.39 is 0 Å². The normalized spacial score (nSPS) is 18.1. The SMILES string of the molecule is COC(=O)c1ccc2c(c1)-n1c(cc3ccccc31)C(C)(CCCO)N2. The Labute approximate surface area is 152 Å². The third-order valence-corrected chi connectivity index (χ3v) is 5.18. The van der Waals surface area contributed by atoms with Gasteiger partial charge in [-0.15, -0.1) is 0 Å². The Morgan fingerprint density at radius 1 is 1.23 bits per heavy atom. The monoisotopic (exact) mass is 350 g/mol. The molecule has 0 amide bonds. The predicted octanol–water partition coefficient (Wildman–Crippen LogP) is 3.83. The zero-order valence-electron chi connectivity index (χ0n) is 15.0.